The van der Waals surface area contributed by atoms with Crippen LogP contribution in [0.3, 0.4) is 0 Å². The van der Waals surface area contributed by atoms with Gasteiger partial charge >= 0.3 is 6.09 Å². The van der Waals surface area contributed by atoms with E-state index >= 15 is 0 Å². The molecule has 0 aliphatic heterocycles. The predicted molar refractivity (Wildman–Crippen MR) is 52.7 cm³/mol. The van der Waals surface area contributed by atoms with E-state index in [0.717, 1.165) is 0 Å². The van der Waals surface area contributed by atoms with E-state index in [9.17, 15) is 4.79 Å². The Labute approximate surface area is 86.9 Å². The highest BCUT2D eigenvalue weighted by molar-refractivity contribution is 5.64. The van der Waals surface area contributed by atoms with Gasteiger partial charge < -0.3 is 15.2 Å². The molecule has 0 bridgehead atoms. The number of benzene rings is 1. The third-order valence-electron chi connectivity index (χ3n) is 1.63. The van der Waals surface area contributed by atoms with Gasteiger partial charge in [-0.25, -0.2) is 4.79 Å². The molecule has 0 spiro atoms. The number of rotatable bonds is 4. The highest BCUT2D eigenvalue weighted by Crippen LogP contribution is 2.10. The fourth-order valence-corrected chi connectivity index (χ4v) is 0.953. The number of nitrogens with one attached hydrogen (secondary N) is 1. The number of carboxylic acid groups (broad SMARTS) is 1. The highest BCUT2D eigenvalue weighted by atomic mass is 16.5. The Balaban J connectivity index is 2.32. The molecule has 0 atom stereocenters. The van der Waals surface area contributed by atoms with Gasteiger partial charge in [-0.1, -0.05) is 0 Å². The van der Waals surface area contributed by atoms with E-state index in [1.165, 1.54) is 0 Å². The van der Waals surface area contributed by atoms with Crippen LogP contribution >= 0.6 is 0 Å². The van der Waals surface area contributed by atoms with Crippen molar-refractivity contribution >= 4 is 6.09 Å². The van der Waals surface area contributed by atoms with Crippen molar-refractivity contribution in [2.24, 2.45) is 0 Å². The van der Waals surface area contributed by atoms with Gasteiger partial charge in [0.25, 0.3) is 0 Å². The average molecular weight is 206 g/mol. The Hall–Kier alpha value is -2.22. The first-order valence-electron chi connectivity index (χ1n) is 4.32. The molecule has 0 aliphatic rings. The first-order chi connectivity index (χ1) is 7.22. The lowest BCUT2D eigenvalue weighted by atomic mass is 10.2. The summed E-state index contributed by atoms with van der Waals surface area (Å²) < 4.78 is 5.22. The lowest BCUT2D eigenvalue weighted by Crippen LogP contribution is -2.26. The molecule has 1 aromatic rings. The summed E-state index contributed by atoms with van der Waals surface area (Å²) in [7, 11) is 0. The summed E-state index contributed by atoms with van der Waals surface area (Å²) in [5.74, 6) is 0.612. The van der Waals surface area contributed by atoms with E-state index in [0.29, 0.717) is 11.3 Å². The number of nitriles is 1. The van der Waals surface area contributed by atoms with Crippen molar-refractivity contribution in [1.29, 1.82) is 5.26 Å². The second-order valence-corrected chi connectivity index (χ2v) is 2.72. The van der Waals surface area contributed by atoms with Crippen molar-refractivity contribution in [3.8, 4) is 11.8 Å². The molecule has 0 unspecified atom stereocenters. The van der Waals surface area contributed by atoms with Crippen LogP contribution in [-0.2, 0) is 0 Å². The molecule has 78 valence electrons. The van der Waals surface area contributed by atoms with Crippen LogP contribution < -0.4 is 10.1 Å². The number of ether oxygens (including phenoxy) is 1. The van der Waals surface area contributed by atoms with Crippen LogP contribution in [0, 0.1) is 11.3 Å². The number of hydrogen-bond donors (Lipinski definition) is 2. The van der Waals surface area contributed by atoms with Crippen molar-refractivity contribution in [1.82, 2.24) is 5.32 Å². The van der Waals surface area contributed by atoms with Crippen LogP contribution in [0.15, 0.2) is 24.3 Å². The molecule has 0 fully saturated rings. The zero-order valence-electron chi connectivity index (χ0n) is 7.93. The maximum Gasteiger partial charge on any atom is 0.404 e. The molecule has 1 rings (SSSR count). The first-order valence-corrected chi connectivity index (χ1v) is 4.32. The molecule has 1 aromatic carbocycles. The summed E-state index contributed by atoms with van der Waals surface area (Å²) in [5.41, 5.74) is 0.561. The molecule has 0 saturated carbocycles. The van der Waals surface area contributed by atoms with Gasteiger partial charge in [0, 0.05) is 0 Å². The molecule has 0 saturated heterocycles. The molecule has 15 heavy (non-hydrogen) atoms. The van der Waals surface area contributed by atoms with Gasteiger partial charge in [0.05, 0.1) is 18.2 Å². The minimum atomic E-state index is -1.07. The van der Waals surface area contributed by atoms with Crippen LogP contribution in [0.2, 0.25) is 0 Å². The molecule has 1 amide bonds. The minimum absolute atomic E-state index is 0.231. The van der Waals surface area contributed by atoms with Crippen LogP contribution in [0.5, 0.6) is 5.75 Å². The second-order valence-electron chi connectivity index (χ2n) is 2.72. The monoisotopic (exact) mass is 206 g/mol. The van der Waals surface area contributed by atoms with Crippen molar-refractivity contribution in [3.05, 3.63) is 29.8 Å². The van der Waals surface area contributed by atoms with E-state index in [1.807, 2.05) is 6.07 Å². The number of carbonyl (C=O) groups is 1. The van der Waals surface area contributed by atoms with E-state index in [2.05, 4.69) is 5.32 Å². The fraction of sp³-hybridized carbons (Fsp3) is 0.200. The molecule has 5 heteroatoms. The van der Waals surface area contributed by atoms with Gasteiger partial charge in [0.2, 0.25) is 0 Å². The smallest absolute Gasteiger partial charge is 0.404 e. The molecular weight excluding hydrogens is 196 g/mol. The molecule has 0 radical (unpaired) electrons. The number of hydrogen-bond acceptors (Lipinski definition) is 3. The third kappa shape index (κ3) is 4.00. The quantitative estimate of drug-likeness (QED) is 0.725. The van der Waals surface area contributed by atoms with E-state index in [-0.39, 0.29) is 13.2 Å². The number of nitrogens with zero attached hydrogens (tertiary/aromatic N) is 1. The maximum absolute atomic E-state index is 10.1. The Bertz CT molecular complexity index is 367. The van der Waals surface area contributed by atoms with Crippen molar-refractivity contribution in [3.63, 3.8) is 0 Å². The van der Waals surface area contributed by atoms with Crippen molar-refractivity contribution in [2.75, 3.05) is 13.2 Å². The Morgan fingerprint density at radius 1 is 1.47 bits per heavy atom. The van der Waals surface area contributed by atoms with Crippen molar-refractivity contribution in [2.45, 2.75) is 0 Å². The molecule has 0 heterocycles. The topological polar surface area (TPSA) is 82.3 Å². The maximum atomic E-state index is 10.1. The number of amides is 1. The predicted octanol–water partition coefficient (Wildman–Crippen LogP) is 1.20. The Morgan fingerprint density at radius 3 is 2.67 bits per heavy atom. The lowest BCUT2D eigenvalue weighted by Gasteiger charge is -2.05. The zero-order valence-corrected chi connectivity index (χ0v) is 7.93. The highest BCUT2D eigenvalue weighted by Gasteiger charge is 1.96. The summed E-state index contributed by atoms with van der Waals surface area (Å²) in [6.07, 6.45) is -1.07. The summed E-state index contributed by atoms with van der Waals surface area (Å²) in [6, 6.07) is 8.60. The summed E-state index contributed by atoms with van der Waals surface area (Å²) in [5, 5.41) is 19.0. The van der Waals surface area contributed by atoms with E-state index in [1.54, 1.807) is 24.3 Å². The average Bonchev–Trinajstić information content (AvgIpc) is 2.25. The van der Waals surface area contributed by atoms with Gasteiger partial charge in [0.1, 0.15) is 12.4 Å². The molecule has 2 N–H and O–H groups in total. The SMILES string of the molecule is N#Cc1ccc(OCCNC(=O)O)cc1. The van der Waals surface area contributed by atoms with Crippen LogP contribution in [0.25, 0.3) is 0 Å². The Kier molecular flexibility index (Phi) is 3.98. The van der Waals surface area contributed by atoms with E-state index in [4.69, 9.17) is 15.1 Å². The summed E-state index contributed by atoms with van der Waals surface area (Å²) in [6.45, 7) is 0.494. The molecular formula is C10H10N2O3. The van der Waals surface area contributed by atoms with Gasteiger partial charge in [-0.05, 0) is 24.3 Å². The molecule has 0 aromatic heterocycles. The summed E-state index contributed by atoms with van der Waals surface area (Å²) >= 11 is 0. The van der Waals surface area contributed by atoms with E-state index < -0.39 is 6.09 Å². The first kappa shape index (κ1) is 10.9. The van der Waals surface area contributed by atoms with Gasteiger partial charge in [-0.15, -0.1) is 0 Å². The van der Waals surface area contributed by atoms with Crippen LogP contribution in [0.1, 0.15) is 5.56 Å². The lowest BCUT2D eigenvalue weighted by molar-refractivity contribution is 0.191. The standard InChI is InChI=1S/C10H10N2O3/c11-7-8-1-3-9(4-2-8)15-6-5-12-10(13)14/h1-4,12H,5-6H2,(H,13,14). The van der Waals surface area contributed by atoms with Crippen molar-refractivity contribution < 1.29 is 14.6 Å². The third-order valence-corrected chi connectivity index (χ3v) is 1.63. The van der Waals surface area contributed by atoms with Gasteiger partial charge in [0.15, 0.2) is 0 Å². The second kappa shape index (κ2) is 5.50. The Morgan fingerprint density at radius 2 is 2.13 bits per heavy atom. The normalized spacial score (nSPS) is 9.00. The fourth-order valence-electron chi connectivity index (χ4n) is 0.953. The summed E-state index contributed by atoms with van der Waals surface area (Å²) in [4.78, 5) is 10.1. The van der Waals surface area contributed by atoms with Gasteiger partial charge in [-0.3, -0.25) is 0 Å². The minimum Gasteiger partial charge on any atom is -0.492 e. The van der Waals surface area contributed by atoms with Crippen LogP contribution in [-0.4, -0.2) is 24.4 Å². The van der Waals surface area contributed by atoms with Crippen LogP contribution in [0.4, 0.5) is 4.79 Å². The van der Waals surface area contributed by atoms with Gasteiger partial charge in [-0.2, -0.15) is 5.26 Å². The zero-order chi connectivity index (χ0) is 11.1. The molecule has 0 aliphatic carbocycles. The largest absolute Gasteiger partial charge is 0.492 e. The molecule has 5 nitrogen and oxygen atoms in total.